The SMILES string of the molecule is CC(C)Cn1nc(C(=O)O)c2c1CCN(C(=O)C(C)N1CCN(C)CC1)C2. The molecule has 1 aromatic heterocycles. The molecular formula is C19H31N5O3. The highest BCUT2D eigenvalue weighted by Gasteiger charge is 2.33. The maximum absolute atomic E-state index is 13.1. The molecule has 3 rings (SSSR count). The first-order valence-corrected chi connectivity index (χ1v) is 9.81. The molecule has 1 amide bonds. The minimum atomic E-state index is -1.02. The number of fused-ring (bicyclic) bond motifs is 1. The number of carbonyl (C=O) groups is 2. The smallest absolute Gasteiger partial charge is 0.356 e. The topological polar surface area (TPSA) is 81.9 Å². The molecule has 0 aliphatic carbocycles. The van der Waals surface area contributed by atoms with Crippen molar-refractivity contribution < 1.29 is 14.7 Å². The van der Waals surface area contributed by atoms with Crippen LogP contribution in [0.2, 0.25) is 0 Å². The van der Waals surface area contributed by atoms with Gasteiger partial charge in [-0.15, -0.1) is 0 Å². The van der Waals surface area contributed by atoms with Crippen LogP contribution < -0.4 is 0 Å². The first-order valence-electron chi connectivity index (χ1n) is 9.81. The van der Waals surface area contributed by atoms with Gasteiger partial charge in [-0.1, -0.05) is 13.8 Å². The van der Waals surface area contributed by atoms with E-state index in [0.29, 0.717) is 37.5 Å². The monoisotopic (exact) mass is 377 g/mol. The third kappa shape index (κ3) is 4.16. The summed E-state index contributed by atoms with van der Waals surface area (Å²) in [7, 11) is 2.10. The second-order valence-corrected chi connectivity index (χ2v) is 8.18. The fourth-order valence-corrected chi connectivity index (χ4v) is 3.98. The van der Waals surface area contributed by atoms with Gasteiger partial charge in [-0.3, -0.25) is 14.4 Å². The number of rotatable bonds is 5. The zero-order valence-corrected chi connectivity index (χ0v) is 16.8. The zero-order chi connectivity index (χ0) is 19.7. The van der Waals surface area contributed by atoms with Gasteiger partial charge in [0.05, 0.1) is 6.04 Å². The molecule has 1 atom stereocenters. The van der Waals surface area contributed by atoms with E-state index in [1.54, 1.807) is 4.90 Å². The summed E-state index contributed by atoms with van der Waals surface area (Å²) in [5.41, 5.74) is 1.76. The van der Waals surface area contributed by atoms with Gasteiger partial charge >= 0.3 is 5.97 Å². The molecule has 0 saturated carbocycles. The van der Waals surface area contributed by atoms with Crippen molar-refractivity contribution in [1.82, 2.24) is 24.5 Å². The number of aromatic nitrogens is 2. The number of carboxylic acids is 1. The first-order chi connectivity index (χ1) is 12.8. The molecule has 1 unspecified atom stereocenters. The van der Waals surface area contributed by atoms with Crippen LogP contribution in [-0.4, -0.2) is 87.3 Å². The van der Waals surface area contributed by atoms with Crippen LogP contribution in [0.1, 0.15) is 42.5 Å². The van der Waals surface area contributed by atoms with Gasteiger partial charge in [0, 0.05) is 63.5 Å². The number of hydrogen-bond donors (Lipinski definition) is 1. The Morgan fingerprint density at radius 1 is 1.11 bits per heavy atom. The largest absolute Gasteiger partial charge is 0.476 e. The van der Waals surface area contributed by atoms with Crippen molar-refractivity contribution in [2.75, 3.05) is 39.8 Å². The van der Waals surface area contributed by atoms with Gasteiger partial charge in [-0.25, -0.2) is 4.79 Å². The van der Waals surface area contributed by atoms with Gasteiger partial charge in [0.25, 0.3) is 0 Å². The Bertz CT molecular complexity index is 706. The molecule has 27 heavy (non-hydrogen) atoms. The van der Waals surface area contributed by atoms with Crippen LogP contribution in [0.4, 0.5) is 0 Å². The van der Waals surface area contributed by atoms with Crippen LogP contribution >= 0.6 is 0 Å². The predicted molar refractivity (Wildman–Crippen MR) is 102 cm³/mol. The number of amides is 1. The average Bonchev–Trinajstić information content (AvgIpc) is 2.98. The number of nitrogens with zero attached hydrogens (tertiary/aromatic N) is 5. The van der Waals surface area contributed by atoms with Crippen molar-refractivity contribution in [2.45, 2.75) is 46.3 Å². The summed E-state index contributed by atoms with van der Waals surface area (Å²) in [5.74, 6) is -0.555. The standard InChI is InChI=1S/C19H31N5O3/c1-13(2)11-24-16-5-6-23(12-15(16)17(20-24)19(26)27)18(25)14(3)22-9-7-21(4)8-10-22/h13-14H,5-12H2,1-4H3,(H,26,27). The minimum Gasteiger partial charge on any atom is -0.476 e. The van der Waals surface area contributed by atoms with Crippen LogP contribution in [0.5, 0.6) is 0 Å². The highest BCUT2D eigenvalue weighted by molar-refractivity contribution is 5.88. The van der Waals surface area contributed by atoms with Crippen LogP contribution in [0, 0.1) is 5.92 Å². The maximum Gasteiger partial charge on any atom is 0.356 e. The lowest BCUT2D eigenvalue weighted by atomic mass is 10.0. The van der Waals surface area contributed by atoms with Gasteiger partial charge in [-0.05, 0) is 19.9 Å². The third-order valence-corrected chi connectivity index (χ3v) is 5.63. The second-order valence-electron chi connectivity index (χ2n) is 8.18. The number of aromatic carboxylic acids is 1. The molecule has 2 aliphatic heterocycles. The fourth-order valence-electron chi connectivity index (χ4n) is 3.98. The Labute approximate surface area is 160 Å². The van der Waals surface area contributed by atoms with Crippen molar-refractivity contribution in [1.29, 1.82) is 0 Å². The van der Waals surface area contributed by atoms with Crippen molar-refractivity contribution in [2.24, 2.45) is 5.92 Å². The predicted octanol–water partition coefficient (Wildman–Crippen LogP) is 0.758. The van der Waals surface area contributed by atoms with Crippen molar-refractivity contribution in [3.05, 3.63) is 17.0 Å². The van der Waals surface area contributed by atoms with Crippen LogP contribution in [0.25, 0.3) is 0 Å². The van der Waals surface area contributed by atoms with Gasteiger partial charge in [-0.2, -0.15) is 5.10 Å². The molecule has 0 spiro atoms. The first kappa shape index (κ1) is 19.8. The summed E-state index contributed by atoms with van der Waals surface area (Å²) in [4.78, 5) is 31.0. The highest BCUT2D eigenvalue weighted by atomic mass is 16.4. The summed E-state index contributed by atoms with van der Waals surface area (Å²) in [6, 6.07) is -0.181. The van der Waals surface area contributed by atoms with E-state index >= 15 is 0 Å². The van der Waals surface area contributed by atoms with E-state index in [0.717, 1.165) is 31.9 Å². The summed E-state index contributed by atoms with van der Waals surface area (Å²) < 4.78 is 1.83. The summed E-state index contributed by atoms with van der Waals surface area (Å²) in [6.07, 6.45) is 0.656. The molecule has 0 radical (unpaired) electrons. The zero-order valence-electron chi connectivity index (χ0n) is 16.8. The maximum atomic E-state index is 13.1. The van der Waals surface area contributed by atoms with E-state index in [1.807, 2.05) is 11.6 Å². The Kier molecular flexibility index (Phi) is 5.86. The van der Waals surface area contributed by atoms with Gasteiger partial charge in [0.15, 0.2) is 5.69 Å². The van der Waals surface area contributed by atoms with Crippen molar-refractivity contribution in [3.63, 3.8) is 0 Å². The van der Waals surface area contributed by atoms with E-state index in [2.05, 4.69) is 35.8 Å². The Hall–Kier alpha value is -1.93. The number of hydrogen-bond acceptors (Lipinski definition) is 5. The summed E-state index contributed by atoms with van der Waals surface area (Å²) in [5, 5.41) is 13.9. The molecule has 150 valence electrons. The molecule has 0 aromatic carbocycles. The summed E-state index contributed by atoms with van der Waals surface area (Å²) in [6.45, 7) is 11.5. The molecule has 0 bridgehead atoms. The van der Waals surface area contributed by atoms with E-state index in [-0.39, 0.29) is 17.6 Å². The molecule has 1 aromatic rings. The number of piperazine rings is 1. The molecule has 2 aliphatic rings. The van der Waals surface area contributed by atoms with E-state index in [9.17, 15) is 14.7 Å². The Morgan fingerprint density at radius 2 is 1.78 bits per heavy atom. The van der Waals surface area contributed by atoms with E-state index in [4.69, 9.17) is 0 Å². The lowest BCUT2D eigenvalue weighted by molar-refractivity contribution is -0.138. The quantitative estimate of drug-likeness (QED) is 0.816. The number of likely N-dealkylation sites (N-methyl/N-ethyl adjacent to an activating group) is 1. The Morgan fingerprint density at radius 3 is 2.37 bits per heavy atom. The van der Waals surface area contributed by atoms with E-state index in [1.165, 1.54) is 0 Å². The van der Waals surface area contributed by atoms with Gasteiger partial charge < -0.3 is 14.9 Å². The van der Waals surface area contributed by atoms with Gasteiger partial charge in [0.2, 0.25) is 5.91 Å². The third-order valence-electron chi connectivity index (χ3n) is 5.63. The lowest BCUT2D eigenvalue weighted by Gasteiger charge is -2.38. The molecule has 8 nitrogen and oxygen atoms in total. The number of carbonyl (C=O) groups excluding carboxylic acids is 1. The molecule has 3 heterocycles. The van der Waals surface area contributed by atoms with Gasteiger partial charge in [0.1, 0.15) is 0 Å². The second kappa shape index (κ2) is 7.98. The normalized spacial score (nSPS) is 20.0. The Balaban J connectivity index is 1.76. The highest BCUT2D eigenvalue weighted by Crippen LogP contribution is 2.25. The average molecular weight is 377 g/mol. The number of carboxylic acid groups (broad SMARTS) is 1. The van der Waals surface area contributed by atoms with Crippen molar-refractivity contribution >= 4 is 11.9 Å². The molecule has 1 saturated heterocycles. The molecular weight excluding hydrogens is 346 g/mol. The summed E-state index contributed by atoms with van der Waals surface area (Å²) >= 11 is 0. The van der Waals surface area contributed by atoms with Crippen LogP contribution in [0.15, 0.2) is 0 Å². The lowest BCUT2D eigenvalue weighted by Crippen LogP contribution is -2.54. The van der Waals surface area contributed by atoms with E-state index < -0.39 is 5.97 Å². The molecule has 1 N–H and O–H groups in total. The minimum absolute atomic E-state index is 0.0816. The molecule has 1 fully saturated rings. The van der Waals surface area contributed by atoms with Crippen LogP contribution in [-0.2, 0) is 24.3 Å². The van der Waals surface area contributed by atoms with Crippen LogP contribution in [0.3, 0.4) is 0 Å². The molecule has 8 heteroatoms. The van der Waals surface area contributed by atoms with Crippen molar-refractivity contribution in [3.8, 4) is 0 Å². The fraction of sp³-hybridized carbons (Fsp3) is 0.737.